The van der Waals surface area contributed by atoms with Crippen molar-refractivity contribution >= 4 is 11.8 Å². The molecule has 14 heavy (non-hydrogen) atoms. The predicted molar refractivity (Wildman–Crippen MR) is 65.0 cm³/mol. The van der Waals surface area contributed by atoms with Crippen molar-refractivity contribution in [3.63, 3.8) is 0 Å². The molecule has 0 aromatic rings. The number of rotatable bonds is 1. The minimum Gasteiger partial charge on any atom is -0.300 e. The van der Waals surface area contributed by atoms with Crippen molar-refractivity contribution < 1.29 is 0 Å². The Hall–Kier alpha value is 0.310. The molecule has 1 heterocycles. The van der Waals surface area contributed by atoms with Crippen LogP contribution in [0.1, 0.15) is 44.9 Å². The zero-order valence-electron chi connectivity index (χ0n) is 9.21. The maximum absolute atomic E-state index is 2.78. The molecule has 2 heteroatoms. The SMILES string of the molecule is C1CCCC(N2CCCSCC2)CC1. The fourth-order valence-electron chi connectivity index (χ4n) is 2.75. The van der Waals surface area contributed by atoms with Gasteiger partial charge in [-0.05, 0) is 31.6 Å². The predicted octanol–water partition coefficient (Wildman–Crippen LogP) is 3.15. The number of hydrogen-bond donors (Lipinski definition) is 0. The van der Waals surface area contributed by atoms with E-state index in [1.54, 1.807) is 0 Å². The van der Waals surface area contributed by atoms with E-state index in [-0.39, 0.29) is 0 Å². The highest BCUT2D eigenvalue weighted by molar-refractivity contribution is 7.99. The topological polar surface area (TPSA) is 3.24 Å². The Bertz CT molecular complexity index is 126. The van der Waals surface area contributed by atoms with Crippen molar-refractivity contribution in [1.82, 2.24) is 4.90 Å². The summed E-state index contributed by atoms with van der Waals surface area (Å²) in [6, 6.07) is 0.941. The molecule has 1 saturated carbocycles. The second-order valence-electron chi connectivity index (χ2n) is 4.65. The Morgan fingerprint density at radius 2 is 1.57 bits per heavy atom. The average molecular weight is 213 g/mol. The van der Waals surface area contributed by atoms with Crippen molar-refractivity contribution in [3.8, 4) is 0 Å². The quantitative estimate of drug-likeness (QED) is 0.616. The highest BCUT2D eigenvalue weighted by atomic mass is 32.2. The first-order valence-electron chi connectivity index (χ1n) is 6.28. The summed E-state index contributed by atoms with van der Waals surface area (Å²) in [5.74, 6) is 2.76. The van der Waals surface area contributed by atoms with E-state index < -0.39 is 0 Å². The zero-order valence-corrected chi connectivity index (χ0v) is 10.0. The zero-order chi connectivity index (χ0) is 9.64. The lowest BCUT2D eigenvalue weighted by molar-refractivity contribution is 0.193. The highest BCUT2D eigenvalue weighted by Crippen LogP contribution is 2.23. The first-order valence-corrected chi connectivity index (χ1v) is 7.44. The lowest BCUT2D eigenvalue weighted by atomic mass is 10.1. The molecule has 0 spiro atoms. The number of hydrogen-bond acceptors (Lipinski definition) is 2. The van der Waals surface area contributed by atoms with Crippen LogP contribution >= 0.6 is 11.8 Å². The Balaban J connectivity index is 1.83. The fraction of sp³-hybridized carbons (Fsp3) is 1.00. The number of nitrogens with zero attached hydrogens (tertiary/aromatic N) is 1. The van der Waals surface area contributed by atoms with Gasteiger partial charge in [0.05, 0.1) is 0 Å². The molecule has 0 amide bonds. The third kappa shape index (κ3) is 3.16. The summed E-state index contributed by atoms with van der Waals surface area (Å²) in [5.41, 5.74) is 0. The molecule has 1 nitrogen and oxygen atoms in total. The van der Waals surface area contributed by atoms with Crippen molar-refractivity contribution in [2.45, 2.75) is 51.0 Å². The molecule has 2 rings (SSSR count). The van der Waals surface area contributed by atoms with Crippen LogP contribution in [0.4, 0.5) is 0 Å². The third-order valence-electron chi connectivity index (χ3n) is 3.60. The fourth-order valence-corrected chi connectivity index (χ4v) is 3.65. The summed E-state index contributed by atoms with van der Waals surface area (Å²) in [6.07, 6.45) is 10.3. The van der Waals surface area contributed by atoms with Gasteiger partial charge in [-0.15, -0.1) is 0 Å². The Morgan fingerprint density at radius 3 is 2.36 bits per heavy atom. The maximum Gasteiger partial charge on any atom is 0.00955 e. The van der Waals surface area contributed by atoms with Gasteiger partial charge < -0.3 is 0 Å². The van der Waals surface area contributed by atoms with Crippen LogP contribution in [0, 0.1) is 0 Å². The van der Waals surface area contributed by atoms with Gasteiger partial charge in [0.2, 0.25) is 0 Å². The lowest BCUT2D eigenvalue weighted by Crippen LogP contribution is -2.36. The van der Waals surface area contributed by atoms with E-state index >= 15 is 0 Å². The first-order chi connectivity index (χ1) is 6.97. The van der Waals surface area contributed by atoms with Crippen LogP contribution in [-0.2, 0) is 0 Å². The second-order valence-corrected chi connectivity index (χ2v) is 5.87. The largest absolute Gasteiger partial charge is 0.300 e. The van der Waals surface area contributed by atoms with Crippen LogP contribution in [-0.4, -0.2) is 35.5 Å². The molecule has 0 unspecified atom stereocenters. The molecule has 0 aromatic heterocycles. The van der Waals surface area contributed by atoms with Gasteiger partial charge in [-0.3, -0.25) is 4.90 Å². The summed E-state index contributed by atoms with van der Waals surface area (Å²) >= 11 is 2.15. The smallest absolute Gasteiger partial charge is 0.00955 e. The van der Waals surface area contributed by atoms with Crippen molar-refractivity contribution in [1.29, 1.82) is 0 Å². The van der Waals surface area contributed by atoms with Gasteiger partial charge in [0.15, 0.2) is 0 Å². The summed E-state index contributed by atoms with van der Waals surface area (Å²) in [6.45, 7) is 2.73. The molecule has 1 aliphatic heterocycles. The van der Waals surface area contributed by atoms with E-state index in [1.807, 2.05) is 0 Å². The normalized spacial score (nSPS) is 28.3. The molecule has 0 atom stereocenters. The first kappa shape index (κ1) is 10.8. The lowest BCUT2D eigenvalue weighted by Gasteiger charge is -2.29. The molecule has 0 bridgehead atoms. The van der Waals surface area contributed by atoms with Gasteiger partial charge in [0.1, 0.15) is 0 Å². The Kier molecular flexibility index (Phi) is 4.65. The van der Waals surface area contributed by atoms with E-state index in [9.17, 15) is 0 Å². The third-order valence-corrected chi connectivity index (χ3v) is 4.65. The van der Waals surface area contributed by atoms with E-state index in [4.69, 9.17) is 0 Å². The second kappa shape index (κ2) is 6.02. The molecular weight excluding hydrogens is 190 g/mol. The molecule has 1 saturated heterocycles. The molecular formula is C12H23NS. The Morgan fingerprint density at radius 1 is 0.786 bits per heavy atom. The monoisotopic (exact) mass is 213 g/mol. The van der Waals surface area contributed by atoms with E-state index in [2.05, 4.69) is 16.7 Å². The van der Waals surface area contributed by atoms with E-state index in [0.717, 1.165) is 6.04 Å². The summed E-state index contributed by atoms with van der Waals surface area (Å²) in [7, 11) is 0. The maximum atomic E-state index is 2.78. The van der Waals surface area contributed by atoms with E-state index in [0.29, 0.717) is 0 Å². The standard InChI is InChI=1S/C12H23NS/c1-2-4-7-12(6-3-1)13-8-5-10-14-11-9-13/h12H,1-11H2. The van der Waals surface area contributed by atoms with Crippen LogP contribution in [0.2, 0.25) is 0 Å². The van der Waals surface area contributed by atoms with Crippen LogP contribution in [0.3, 0.4) is 0 Å². The minimum absolute atomic E-state index is 0.941. The van der Waals surface area contributed by atoms with Gasteiger partial charge in [-0.1, -0.05) is 25.7 Å². The van der Waals surface area contributed by atoms with Gasteiger partial charge >= 0.3 is 0 Å². The van der Waals surface area contributed by atoms with Crippen molar-refractivity contribution in [3.05, 3.63) is 0 Å². The molecule has 82 valence electrons. The van der Waals surface area contributed by atoms with Crippen LogP contribution in [0.25, 0.3) is 0 Å². The molecule has 1 aliphatic carbocycles. The van der Waals surface area contributed by atoms with Crippen LogP contribution in [0.15, 0.2) is 0 Å². The minimum atomic E-state index is 0.941. The van der Waals surface area contributed by atoms with Gasteiger partial charge in [-0.25, -0.2) is 0 Å². The van der Waals surface area contributed by atoms with Gasteiger partial charge in [0.25, 0.3) is 0 Å². The van der Waals surface area contributed by atoms with Crippen LogP contribution < -0.4 is 0 Å². The highest BCUT2D eigenvalue weighted by Gasteiger charge is 2.20. The van der Waals surface area contributed by atoms with Gasteiger partial charge in [0, 0.05) is 18.3 Å². The average Bonchev–Trinajstić information content (AvgIpc) is 2.62. The summed E-state index contributed by atoms with van der Waals surface area (Å²) < 4.78 is 0. The Labute approximate surface area is 92.6 Å². The van der Waals surface area contributed by atoms with E-state index in [1.165, 1.54) is 69.5 Å². The molecule has 2 fully saturated rings. The molecule has 2 aliphatic rings. The van der Waals surface area contributed by atoms with Gasteiger partial charge in [-0.2, -0.15) is 11.8 Å². The summed E-state index contributed by atoms with van der Waals surface area (Å²) in [4.78, 5) is 2.78. The molecule has 0 radical (unpaired) electrons. The van der Waals surface area contributed by atoms with Crippen LogP contribution in [0.5, 0.6) is 0 Å². The molecule has 0 N–H and O–H groups in total. The molecule has 0 aromatic carbocycles. The van der Waals surface area contributed by atoms with Crippen molar-refractivity contribution in [2.24, 2.45) is 0 Å². The number of thioether (sulfide) groups is 1. The van der Waals surface area contributed by atoms with Crippen molar-refractivity contribution in [2.75, 3.05) is 24.6 Å². The summed E-state index contributed by atoms with van der Waals surface area (Å²) in [5, 5.41) is 0.